The van der Waals surface area contributed by atoms with E-state index in [0.717, 1.165) is 12.2 Å². The molecule has 0 aliphatic heterocycles. The van der Waals surface area contributed by atoms with Crippen LogP contribution in [0.4, 0.5) is 0 Å². The molecule has 0 amide bonds. The molecule has 2 aromatic heterocycles. The Morgan fingerprint density at radius 2 is 1.50 bits per heavy atom. The quantitative estimate of drug-likeness (QED) is 0.470. The molecule has 0 saturated carbocycles. The number of aryl methyl sites for hydroxylation is 1. The molecule has 5 heteroatoms. The molecule has 0 aliphatic carbocycles. The SMILES string of the molecule is CCC[CH2][Sn]([CH2]CCC)([CH2]CCC)[c]1nn(CC)c2nnccc12. The van der Waals surface area contributed by atoms with Gasteiger partial charge in [-0.3, -0.25) is 0 Å². The molecular weight excluding hydrogens is 403 g/mol. The van der Waals surface area contributed by atoms with E-state index in [-0.39, 0.29) is 0 Å². The van der Waals surface area contributed by atoms with Crippen molar-refractivity contribution in [2.75, 3.05) is 0 Å². The Bertz CT molecular complexity index is 601. The van der Waals surface area contributed by atoms with Crippen LogP contribution in [0.3, 0.4) is 0 Å². The number of unbranched alkanes of at least 4 members (excludes halogenated alkanes) is 3. The van der Waals surface area contributed by atoms with Gasteiger partial charge in [-0.05, 0) is 0 Å². The Morgan fingerprint density at radius 1 is 0.917 bits per heavy atom. The Morgan fingerprint density at radius 3 is 2.00 bits per heavy atom. The maximum absolute atomic E-state index is 5.15. The molecule has 134 valence electrons. The van der Waals surface area contributed by atoms with Gasteiger partial charge < -0.3 is 0 Å². The van der Waals surface area contributed by atoms with Gasteiger partial charge in [-0.15, -0.1) is 0 Å². The fourth-order valence-electron chi connectivity index (χ4n) is 3.81. The third kappa shape index (κ3) is 4.30. The van der Waals surface area contributed by atoms with Crippen LogP contribution in [0, 0.1) is 0 Å². The van der Waals surface area contributed by atoms with E-state index in [2.05, 4.69) is 48.6 Å². The molecule has 0 saturated heterocycles. The molecule has 0 radical (unpaired) electrons. The summed E-state index contributed by atoms with van der Waals surface area (Å²) in [5, 5.41) is 15.0. The minimum absolute atomic E-state index is 0.881. The normalized spacial score (nSPS) is 12.2. The summed E-state index contributed by atoms with van der Waals surface area (Å²) in [6, 6.07) is 2.17. The molecule has 0 bridgehead atoms. The van der Waals surface area contributed by atoms with Gasteiger partial charge in [-0.2, -0.15) is 0 Å². The van der Waals surface area contributed by atoms with Gasteiger partial charge in [0.05, 0.1) is 0 Å². The third-order valence-electron chi connectivity index (χ3n) is 5.25. The van der Waals surface area contributed by atoms with Crippen LogP contribution in [-0.4, -0.2) is 38.4 Å². The van der Waals surface area contributed by atoms with Crippen LogP contribution in [-0.2, 0) is 6.54 Å². The number of nitrogens with zero attached hydrogens (tertiary/aromatic N) is 4. The molecule has 2 rings (SSSR count). The number of hydrogen-bond donors (Lipinski definition) is 0. The fraction of sp³-hybridized carbons (Fsp3) is 0.737. The molecule has 0 spiro atoms. The summed E-state index contributed by atoms with van der Waals surface area (Å²) >= 11 is -2.51. The molecule has 0 aromatic carbocycles. The van der Waals surface area contributed by atoms with E-state index in [0.29, 0.717) is 0 Å². The average molecular weight is 437 g/mol. The number of rotatable bonds is 11. The van der Waals surface area contributed by atoms with E-state index in [1.807, 2.05) is 6.20 Å². The van der Waals surface area contributed by atoms with E-state index >= 15 is 0 Å². The summed E-state index contributed by atoms with van der Waals surface area (Å²) in [7, 11) is 0. The summed E-state index contributed by atoms with van der Waals surface area (Å²) in [6.07, 6.45) is 9.83. The minimum atomic E-state index is -2.51. The predicted molar refractivity (Wildman–Crippen MR) is 106 cm³/mol. The molecule has 0 unspecified atom stereocenters. The van der Waals surface area contributed by atoms with Gasteiger partial charge >= 0.3 is 151 Å². The van der Waals surface area contributed by atoms with Crippen molar-refractivity contribution < 1.29 is 0 Å². The monoisotopic (exact) mass is 438 g/mol. The van der Waals surface area contributed by atoms with Crippen molar-refractivity contribution in [2.24, 2.45) is 0 Å². The molecule has 4 nitrogen and oxygen atoms in total. The van der Waals surface area contributed by atoms with Gasteiger partial charge in [0, 0.05) is 0 Å². The van der Waals surface area contributed by atoms with Crippen LogP contribution in [0.1, 0.15) is 66.2 Å². The Hall–Kier alpha value is -0.651. The first kappa shape index (κ1) is 19.7. The topological polar surface area (TPSA) is 43.6 Å². The van der Waals surface area contributed by atoms with Crippen molar-refractivity contribution >= 4 is 33.1 Å². The first-order valence-corrected chi connectivity index (χ1v) is 17.4. The van der Waals surface area contributed by atoms with E-state index in [1.165, 1.54) is 60.9 Å². The van der Waals surface area contributed by atoms with Gasteiger partial charge in [0.1, 0.15) is 0 Å². The zero-order valence-electron chi connectivity index (χ0n) is 16.0. The number of hydrogen-bond acceptors (Lipinski definition) is 3. The van der Waals surface area contributed by atoms with Crippen molar-refractivity contribution in [1.82, 2.24) is 20.0 Å². The molecule has 0 atom stereocenters. The van der Waals surface area contributed by atoms with Crippen molar-refractivity contribution in [2.45, 2.75) is 86.1 Å². The standard InChI is InChI=1S/C7H7N4.3C4H9.Sn/c1-2-11-7-6(5-9-11)3-4-8-10-7;3*1-3-4-2;/h3-4H,2H2,1H3;3*1,3-4H2,2H3;. The van der Waals surface area contributed by atoms with Crippen LogP contribution in [0.25, 0.3) is 11.0 Å². The van der Waals surface area contributed by atoms with Crippen LogP contribution < -0.4 is 3.71 Å². The summed E-state index contributed by atoms with van der Waals surface area (Å²) in [6.45, 7) is 10.0. The second kappa shape index (κ2) is 9.73. The predicted octanol–water partition coefficient (Wildman–Crippen LogP) is 4.90. The fourth-order valence-corrected chi connectivity index (χ4v) is 19.9. The molecule has 2 aromatic rings. The van der Waals surface area contributed by atoms with Gasteiger partial charge in [-0.1, -0.05) is 0 Å². The van der Waals surface area contributed by atoms with Crippen LogP contribution in [0.5, 0.6) is 0 Å². The van der Waals surface area contributed by atoms with E-state index < -0.39 is 18.4 Å². The van der Waals surface area contributed by atoms with Crippen molar-refractivity contribution in [3.8, 4) is 0 Å². The zero-order valence-corrected chi connectivity index (χ0v) is 18.9. The molecule has 0 aliphatic rings. The molecule has 2 heterocycles. The van der Waals surface area contributed by atoms with Crippen LogP contribution in [0.2, 0.25) is 13.3 Å². The second-order valence-electron chi connectivity index (χ2n) is 7.02. The van der Waals surface area contributed by atoms with Gasteiger partial charge in [0.25, 0.3) is 0 Å². The molecule has 0 N–H and O–H groups in total. The summed E-state index contributed by atoms with van der Waals surface area (Å²) in [5.41, 5.74) is 1.00. The second-order valence-corrected chi connectivity index (χ2v) is 20.0. The maximum atomic E-state index is 5.15. The first-order chi connectivity index (χ1) is 11.7. The van der Waals surface area contributed by atoms with Gasteiger partial charge in [0.2, 0.25) is 0 Å². The summed E-state index contributed by atoms with van der Waals surface area (Å²) < 4.78 is 7.93. The average Bonchev–Trinajstić information content (AvgIpc) is 3.01. The molecular formula is C19H34N4Sn. The van der Waals surface area contributed by atoms with Crippen LogP contribution >= 0.6 is 0 Å². The zero-order chi connectivity index (χ0) is 17.4. The van der Waals surface area contributed by atoms with Gasteiger partial charge in [-0.25, -0.2) is 0 Å². The Labute approximate surface area is 151 Å². The Kier molecular flexibility index (Phi) is 7.98. The van der Waals surface area contributed by atoms with E-state index in [1.54, 1.807) is 0 Å². The van der Waals surface area contributed by atoms with Crippen LogP contribution in [0.15, 0.2) is 12.3 Å². The Balaban J connectivity index is 2.55. The van der Waals surface area contributed by atoms with E-state index in [4.69, 9.17) is 5.10 Å². The number of aromatic nitrogens is 4. The third-order valence-corrected chi connectivity index (χ3v) is 20.4. The molecule has 24 heavy (non-hydrogen) atoms. The number of fused-ring (bicyclic) bond motifs is 1. The van der Waals surface area contributed by atoms with Crippen molar-refractivity contribution in [3.63, 3.8) is 0 Å². The summed E-state index contributed by atoms with van der Waals surface area (Å²) in [5.74, 6) is 0. The van der Waals surface area contributed by atoms with E-state index in [9.17, 15) is 0 Å². The van der Waals surface area contributed by atoms with Gasteiger partial charge in [0.15, 0.2) is 0 Å². The van der Waals surface area contributed by atoms with Crippen molar-refractivity contribution in [3.05, 3.63) is 12.3 Å². The first-order valence-electron chi connectivity index (χ1n) is 9.91. The summed E-state index contributed by atoms with van der Waals surface area (Å²) in [4.78, 5) is 0. The van der Waals surface area contributed by atoms with Crippen molar-refractivity contribution in [1.29, 1.82) is 0 Å². The molecule has 0 fully saturated rings.